The second-order valence-electron chi connectivity index (χ2n) is 5.54. The van der Waals surface area contributed by atoms with E-state index in [2.05, 4.69) is 0 Å². The number of hydrogen-bond acceptors (Lipinski definition) is 6. The van der Waals surface area contributed by atoms with Gasteiger partial charge in [0.15, 0.2) is 4.90 Å². The summed E-state index contributed by atoms with van der Waals surface area (Å²) >= 11 is 0. The summed E-state index contributed by atoms with van der Waals surface area (Å²) < 4.78 is 27.3. The molecule has 2 aromatic carbocycles. The minimum Gasteiger partial charge on any atom is -0.293 e. The Morgan fingerprint density at radius 3 is 2.27 bits per heavy atom. The summed E-state index contributed by atoms with van der Waals surface area (Å²) in [4.78, 5) is 21.8. The van der Waals surface area contributed by atoms with E-state index in [0.29, 0.717) is 11.1 Å². The summed E-state index contributed by atoms with van der Waals surface area (Å²) in [7, 11) is -4.40. The van der Waals surface area contributed by atoms with Gasteiger partial charge in [-0.1, -0.05) is 30.3 Å². The van der Waals surface area contributed by atoms with Crippen LogP contribution in [-0.4, -0.2) is 25.8 Å². The quantitative estimate of drug-likeness (QED) is 0.337. The van der Waals surface area contributed by atoms with Crippen molar-refractivity contribution in [1.82, 2.24) is 5.43 Å². The fourth-order valence-corrected chi connectivity index (χ4v) is 4.31. The van der Waals surface area contributed by atoms with Crippen molar-refractivity contribution in [3.8, 4) is 0 Å². The molecule has 9 nitrogen and oxygen atoms in total. The number of amides is 1. The third-order valence-corrected chi connectivity index (χ3v) is 5.56. The molecular weight excluding hydrogens is 360 g/mol. The van der Waals surface area contributed by atoms with Gasteiger partial charge in [-0.05, 0) is 31.0 Å². The number of benzene rings is 2. The van der Waals surface area contributed by atoms with Crippen LogP contribution in [0.2, 0.25) is 0 Å². The number of aryl methyl sites for hydroxylation is 2. The van der Waals surface area contributed by atoms with Gasteiger partial charge in [0.05, 0.1) is 10.6 Å². The highest BCUT2D eigenvalue weighted by molar-refractivity contribution is 7.93. The summed E-state index contributed by atoms with van der Waals surface area (Å²) in [5.41, 5.74) is 2.78. The summed E-state index contributed by atoms with van der Waals surface area (Å²) in [5, 5.41) is 11.3. The fraction of sp³-hybridized carbons (Fsp3) is 0.188. The van der Waals surface area contributed by atoms with Gasteiger partial charge in [0, 0.05) is 6.07 Å². The van der Waals surface area contributed by atoms with Gasteiger partial charge in [0.2, 0.25) is 0 Å². The molecule has 0 aliphatic heterocycles. The average Bonchev–Trinajstić information content (AvgIpc) is 2.60. The number of anilines is 1. The number of para-hydroxylation sites is 2. The Labute approximate surface area is 150 Å². The Morgan fingerprint density at radius 2 is 1.73 bits per heavy atom. The number of hydrazine groups is 1. The summed E-state index contributed by atoms with van der Waals surface area (Å²) in [5.74, 6) is 4.35. The van der Waals surface area contributed by atoms with Crippen LogP contribution in [0.15, 0.2) is 47.4 Å². The molecule has 0 bridgehead atoms. The molecule has 0 radical (unpaired) electrons. The number of nitrogens with one attached hydrogen (secondary N) is 1. The third kappa shape index (κ3) is 3.65. The number of rotatable bonds is 6. The fourth-order valence-electron chi connectivity index (χ4n) is 2.60. The van der Waals surface area contributed by atoms with Crippen molar-refractivity contribution in [3.05, 3.63) is 63.7 Å². The van der Waals surface area contributed by atoms with E-state index < -0.39 is 38.0 Å². The maximum atomic E-state index is 13.2. The van der Waals surface area contributed by atoms with E-state index in [9.17, 15) is 23.3 Å². The molecule has 0 aromatic heterocycles. The van der Waals surface area contributed by atoms with Crippen LogP contribution in [0.1, 0.15) is 11.1 Å². The van der Waals surface area contributed by atoms with Gasteiger partial charge >= 0.3 is 0 Å². The Balaban J connectivity index is 2.73. The van der Waals surface area contributed by atoms with Crippen LogP contribution < -0.4 is 15.6 Å². The molecule has 0 fully saturated rings. The Kier molecular flexibility index (Phi) is 5.58. The number of nitro groups is 1. The highest BCUT2D eigenvalue weighted by Gasteiger charge is 2.34. The third-order valence-electron chi connectivity index (χ3n) is 3.77. The molecule has 2 rings (SSSR count). The topological polar surface area (TPSA) is 136 Å². The molecular formula is C16H18N4O5S. The zero-order valence-corrected chi connectivity index (χ0v) is 15.0. The number of nitro benzene ring substituents is 1. The summed E-state index contributed by atoms with van der Waals surface area (Å²) in [6.07, 6.45) is 0. The van der Waals surface area contributed by atoms with Crippen LogP contribution >= 0.6 is 0 Å². The minimum absolute atomic E-state index is 0.272. The maximum absolute atomic E-state index is 13.2. The summed E-state index contributed by atoms with van der Waals surface area (Å²) in [6, 6.07) is 10.1. The lowest BCUT2D eigenvalue weighted by molar-refractivity contribution is -0.387. The van der Waals surface area contributed by atoms with Gasteiger partial charge in [0.25, 0.3) is 21.6 Å². The SMILES string of the molecule is Cc1cccc(C)c1N(CC(=O)NN)S(=O)(=O)c1ccccc1[N+](=O)[O-]. The first-order valence-electron chi connectivity index (χ1n) is 7.52. The first kappa shape index (κ1) is 19.3. The molecule has 0 spiro atoms. The van der Waals surface area contributed by atoms with E-state index in [-0.39, 0.29) is 5.69 Å². The zero-order chi connectivity index (χ0) is 19.5. The van der Waals surface area contributed by atoms with Crippen molar-refractivity contribution in [2.75, 3.05) is 10.8 Å². The van der Waals surface area contributed by atoms with Crippen molar-refractivity contribution < 1.29 is 18.1 Å². The standard InChI is InChI=1S/C16H18N4O5S/c1-11-6-5-7-12(2)16(11)19(10-15(21)18-17)26(24,25)14-9-4-3-8-13(14)20(22)23/h3-9H,10,17H2,1-2H3,(H,18,21). The molecule has 0 aliphatic rings. The number of sulfonamides is 1. The second-order valence-corrected chi connectivity index (χ2v) is 7.38. The number of nitrogens with two attached hydrogens (primary N) is 1. The molecule has 138 valence electrons. The van der Waals surface area contributed by atoms with Crippen LogP contribution in [-0.2, 0) is 14.8 Å². The Bertz CT molecular complexity index is 939. The van der Waals surface area contributed by atoms with Crippen LogP contribution in [0.4, 0.5) is 11.4 Å². The highest BCUT2D eigenvalue weighted by atomic mass is 32.2. The first-order valence-corrected chi connectivity index (χ1v) is 8.96. The maximum Gasteiger partial charge on any atom is 0.289 e. The highest BCUT2D eigenvalue weighted by Crippen LogP contribution is 2.33. The molecule has 0 unspecified atom stereocenters. The number of hydrogen-bond donors (Lipinski definition) is 2. The van der Waals surface area contributed by atoms with Crippen LogP contribution in [0.3, 0.4) is 0 Å². The second kappa shape index (κ2) is 7.50. The van der Waals surface area contributed by atoms with Crippen molar-refractivity contribution in [1.29, 1.82) is 0 Å². The predicted molar refractivity (Wildman–Crippen MR) is 95.9 cm³/mol. The van der Waals surface area contributed by atoms with Crippen molar-refractivity contribution >= 4 is 27.3 Å². The van der Waals surface area contributed by atoms with E-state index in [0.717, 1.165) is 16.4 Å². The van der Waals surface area contributed by atoms with Gasteiger partial charge in [-0.3, -0.25) is 24.6 Å². The van der Waals surface area contributed by atoms with Gasteiger partial charge < -0.3 is 0 Å². The van der Waals surface area contributed by atoms with E-state index in [1.165, 1.54) is 12.1 Å². The van der Waals surface area contributed by atoms with Crippen molar-refractivity contribution in [2.45, 2.75) is 18.7 Å². The van der Waals surface area contributed by atoms with Gasteiger partial charge in [0.1, 0.15) is 6.54 Å². The molecule has 3 N–H and O–H groups in total. The lowest BCUT2D eigenvalue weighted by atomic mass is 10.1. The Hall–Kier alpha value is -2.98. The molecule has 10 heteroatoms. The van der Waals surface area contributed by atoms with Crippen molar-refractivity contribution in [3.63, 3.8) is 0 Å². The molecule has 1 amide bonds. The van der Waals surface area contributed by atoms with E-state index in [1.807, 2.05) is 5.43 Å². The van der Waals surface area contributed by atoms with Gasteiger partial charge in [-0.15, -0.1) is 0 Å². The lowest BCUT2D eigenvalue weighted by Gasteiger charge is -2.26. The average molecular weight is 378 g/mol. The molecule has 0 saturated heterocycles. The van der Waals surface area contributed by atoms with E-state index >= 15 is 0 Å². The first-order chi connectivity index (χ1) is 12.2. The lowest BCUT2D eigenvalue weighted by Crippen LogP contribution is -2.43. The molecule has 0 aliphatic carbocycles. The number of carbonyl (C=O) groups is 1. The molecule has 26 heavy (non-hydrogen) atoms. The van der Waals surface area contributed by atoms with Crippen LogP contribution in [0.25, 0.3) is 0 Å². The van der Waals surface area contributed by atoms with Crippen LogP contribution in [0, 0.1) is 24.0 Å². The van der Waals surface area contributed by atoms with Gasteiger partial charge in [-0.25, -0.2) is 14.3 Å². The molecule has 2 aromatic rings. The number of nitrogens with zero attached hydrogens (tertiary/aromatic N) is 2. The van der Waals surface area contributed by atoms with Gasteiger partial charge in [-0.2, -0.15) is 0 Å². The van der Waals surface area contributed by atoms with E-state index in [1.54, 1.807) is 32.0 Å². The molecule has 0 saturated carbocycles. The largest absolute Gasteiger partial charge is 0.293 e. The normalized spacial score (nSPS) is 11.0. The zero-order valence-electron chi connectivity index (χ0n) is 14.2. The number of carbonyl (C=O) groups excluding carboxylic acids is 1. The molecule has 0 atom stereocenters. The minimum atomic E-state index is -4.40. The van der Waals surface area contributed by atoms with Crippen LogP contribution in [0.5, 0.6) is 0 Å². The molecule has 0 heterocycles. The predicted octanol–water partition coefficient (Wildman–Crippen LogP) is 1.40. The van der Waals surface area contributed by atoms with E-state index in [4.69, 9.17) is 5.84 Å². The Morgan fingerprint density at radius 1 is 1.15 bits per heavy atom. The smallest absolute Gasteiger partial charge is 0.289 e. The monoisotopic (exact) mass is 378 g/mol. The summed E-state index contributed by atoms with van der Waals surface area (Å²) in [6.45, 7) is 2.76. The van der Waals surface area contributed by atoms with Crippen molar-refractivity contribution in [2.24, 2.45) is 5.84 Å².